The minimum Gasteiger partial charge on any atom is -0.496 e. The quantitative estimate of drug-likeness (QED) is 0.646. The zero-order chi connectivity index (χ0) is 17.1. The molecule has 2 heterocycles. The minimum absolute atomic E-state index is 0.0954. The van der Waals surface area contributed by atoms with Gasteiger partial charge in [0.25, 0.3) is 5.91 Å². The largest absolute Gasteiger partial charge is 0.496 e. The van der Waals surface area contributed by atoms with Gasteiger partial charge in [-0.05, 0) is 12.1 Å². The van der Waals surface area contributed by atoms with Gasteiger partial charge in [-0.3, -0.25) is 9.89 Å². The summed E-state index contributed by atoms with van der Waals surface area (Å²) in [7, 11) is 1.62. The van der Waals surface area contributed by atoms with Gasteiger partial charge in [0.15, 0.2) is 5.82 Å². The van der Waals surface area contributed by atoms with Crippen molar-refractivity contribution in [3.8, 4) is 16.3 Å². The van der Waals surface area contributed by atoms with E-state index in [-0.39, 0.29) is 22.4 Å². The normalized spacial score (nSPS) is 10.6. The van der Waals surface area contributed by atoms with E-state index in [1.54, 1.807) is 13.3 Å². The molecule has 1 aromatic carbocycles. The van der Waals surface area contributed by atoms with Crippen LogP contribution in [0.15, 0.2) is 30.5 Å². The molecule has 1 amide bonds. The number of hydrogen-bond donors (Lipinski definition) is 3. The fraction of sp³-hybridized carbons (Fsp3) is 0.133. The van der Waals surface area contributed by atoms with Gasteiger partial charge in [0.1, 0.15) is 21.5 Å². The first-order chi connectivity index (χ1) is 11.6. The average molecular weight is 364 g/mol. The Balaban J connectivity index is 1.70. The number of nitrogens with one attached hydrogen (secondary N) is 2. The number of hydrogen-bond acceptors (Lipinski definition) is 6. The molecule has 124 valence electrons. The second-order valence-electron chi connectivity index (χ2n) is 4.81. The number of aromatic nitrogens is 3. The molecule has 0 aliphatic carbocycles. The van der Waals surface area contributed by atoms with Crippen LogP contribution < -0.4 is 15.8 Å². The Morgan fingerprint density at radius 2 is 2.25 bits per heavy atom. The number of anilines is 1. The number of carbonyl (C=O) groups excluding carboxylic acids is 1. The van der Waals surface area contributed by atoms with Crippen molar-refractivity contribution < 1.29 is 9.53 Å². The Bertz CT molecular complexity index is 876. The van der Waals surface area contributed by atoms with Crippen LogP contribution in [-0.4, -0.2) is 28.2 Å². The van der Waals surface area contributed by atoms with Gasteiger partial charge >= 0.3 is 0 Å². The Morgan fingerprint density at radius 1 is 1.46 bits per heavy atom. The summed E-state index contributed by atoms with van der Waals surface area (Å²) in [5.74, 6) is 0.469. The molecule has 4 N–H and O–H groups in total. The number of halogens is 1. The molecule has 0 fully saturated rings. The number of carbonyl (C=O) groups is 1. The Labute approximate surface area is 146 Å². The molecular weight excluding hydrogens is 350 g/mol. The van der Waals surface area contributed by atoms with Crippen molar-refractivity contribution >= 4 is 34.7 Å². The lowest BCUT2D eigenvalue weighted by atomic mass is 10.2. The Morgan fingerprint density at radius 3 is 2.96 bits per heavy atom. The average Bonchev–Trinajstić information content (AvgIpc) is 3.20. The number of amides is 1. The molecule has 0 radical (unpaired) electrons. The molecule has 7 nitrogen and oxygen atoms in total. The molecule has 0 unspecified atom stereocenters. The van der Waals surface area contributed by atoms with Crippen LogP contribution in [0.2, 0.25) is 5.02 Å². The third-order valence-corrected chi connectivity index (χ3v) is 4.69. The summed E-state index contributed by atoms with van der Waals surface area (Å²) in [5.41, 5.74) is 6.56. The van der Waals surface area contributed by atoms with E-state index in [9.17, 15) is 4.79 Å². The number of thiazole rings is 1. The number of aromatic amines is 1. The minimum atomic E-state index is -0.378. The van der Waals surface area contributed by atoms with Crippen LogP contribution in [-0.2, 0) is 6.54 Å². The molecule has 0 bridgehead atoms. The molecule has 2 aromatic heterocycles. The number of ether oxygens (including phenoxy) is 1. The maximum absolute atomic E-state index is 12.1. The SMILES string of the molecule is COc1ccccc1-c1ncc(CNC(=O)c2[nH]nc(N)c2Cl)s1. The topological polar surface area (TPSA) is 106 Å². The molecule has 0 aliphatic heterocycles. The number of benzene rings is 1. The molecule has 24 heavy (non-hydrogen) atoms. The molecule has 3 aromatic rings. The van der Waals surface area contributed by atoms with Gasteiger partial charge in [0.05, 0.1) is 19.2 Å². The highest BCUT2D eigenvalue weighted by Gasteiger charge is 2.16. The first kappa shape index (κ1) is 16.3. The van der Waals surface area contributed by atoms with Gasteiger partial charge < -0.3 is 15.8 Å². The number of para-hydroxylation sites is 1. The van der Waals surface area contributed by atoms with Gasteiger partial charge in [-0.15, -0.1) is 11.3 Å². The smallest absolute Gasteiger partial charge is 0.271 e. The summed E-state index contributed by atoms with van der Waals surface area (Å²) in [6.07, 6.45) is 1.72. The van der Waals surface area contributed by atoms with Crippen molar-refractivity contribution in [3.63, 3.8) is 0 Å². The van der Waals surface area contributed by atoms with E-state index in [4.69, 9.17) is 22.1 Å². The predicted molar refractivity (Wildman–Crippen MR) is 93.3 cm³/mol. The molecule has 9 heteroatoms. The standard InChI is InChI=1S/C15H14ClN5O2S/c1-23-10-5-3-2-4-9(10)15-19-7-8(24-15)6-18-14(22)12-11(16)13(17)21-20-12/h2-5,7H,6H2,1H3,(H,18,22)(H3,17,20,21). The van der Waals surface area contributed by atoms with Gasteiger partial charge in [0.2, 0.25) is 0 Å². The second-order valence-corrected chi connectivity index (χ2v) is 6.31. The van der Waals surface area contributed by atoms with E-state index in [0.717, 1.165) is 21.2 Å². The van der Waals surface area contributed by atoms with E-state index >= 15 is 0 Å². The maximum atomic E-state index is 12.1. The number of nitrogen functional groups attached to an aromatic ring is 1. The highest BCUT2D eigenvalue weighted by atomic mass is 35.5. The molecule has 0 spiro atoms. The van der Waals surface area contributed by atoms with Gasteiger partial charge in [-0.1, -0.05) is 23.7 Å². The van der Waals surface area contributed by atoms with Crippen molar-refractivity contribution in [2.45, 2.75) is 6.54 Å². The number of H-pyrrole nitrogens is 1. The molecule has 0 atom stereocenters. The van der Waals surface area contributed by atoms with Crippen LogP contribution in [0.5, 0.6) is 5.75 Å². The van der Waals surface area contributed by atoms with Gasteiger partial charge in [-0.25, -0.2) is 4.98 Å². The van der Waals surface area contributed by atoms with E-state index in [1.165, 1.54) is 11.3 Å². The van der Waals surface area contributed by atoms with Crippen molar-refractivity contribution in [2.75, 3.05) is 12.8 Å². The van der Waals surface area contributed by atoms with Crippen LogP contribution in [0.3, 0.4) is 0 Å². The highest BCUT2D eigenvalue weighted by Crippen LogP contribution is 2.32. The predicted octanol–water partition coefficient (Wildman–Crippen LogP) is 2.71. The molecule has 0 saturated carbocycles. The summed E-state index contributed by atoms with van der Waals surface area (Å²) >= 11 is 7.37. The fourth-order valence-corrected chi connectivity index (χ4v) is 3.14. The molecule has 0 aliphatic rings. The van der Waals surface area contributed by atoms with Crippen LogP contribution >= 0.6 is 22.9 Å². The first-order valence-electron chi connectivity index (χ1n) is 6.95. The third kappa shape index (κ3) is 3.19. The summed E-state index contributed by atoms with van der Waals surface area (Å²) in [5, 5.41) is 9.89. The maximum Gasteiger partial charge on any atom is 0.271 e. The van der Waals surface area contributed by atoms with Crippen LogP contribution in [0.25, 0.3) is 10.6 Å². The first-order valence-corrected chi connectivity index (χ1v) is 8.15. The van der Waals surface area contributed by atoms with E-state index in [2.05, 4.69) is 20.5 Å². The lowest BCUT2D eigenvalue weighted by Crippen LogP contribution is -2.23. The van der Waals surface area contributed by atoms with Crippen molar-refractivity contribution in [2.24, 2.45) is 0 Å². The van der Waals surface area contributed by atoms with Crippen molar-refractivity contribution in [1.82, 2.24) is 20.5 Å². The fourth-order valence-electron chi connectivity index (χ4n) is 2.08. The number of methoxy groups -OCH3 is 1. The van der Waals surface area contributed by atoms with Crippen LogP contribution in [0.1, 0.15) is 15.4 Å². The van der Waals surface area contributed by atoms with Crippen molar-refractivity contribution in [3.05, 3.63) is 46.1 Å². The lowest BCUT2D eigenvalue weighted by Gasteiger charge is -2.04. The van der Waals surface area contributed by atoms with E-state index in [1.807, 2.05) is 24.3 Å². The van der Waals surface area contributed by atoms with Gasteiger partial charge in [0, 0.05) is 11.1 Å². The zero-order valence-corrected chi connectivity index (χ0v) is 14.2. The number of nitrogens with zero attached hydrogens (tertiary/aromatic N) is 2. The summed E-state index contributed by atoms with van der Waals surface area (Å²) in [4.78, 5) is 17.4. The summed E-state index contributed by atoms with van der Waals surface area (Å²) < 4.78 is 5.34. The molecule has 0 saturated heterocycles. The zero-order valence-electron chi connectivity index (χ0n) is 12.7. The number of nitrogens with two attached hydrogens (primary N) is 1. The third-order valence-electron chi connectivity index (χ3n) is 3.27. The van der Waals surface area contributed by atoms with Crippen LogP contribution in [0.4, 0.5) is 5.82 Å². The van der Waals surface area contributed by atoms with Gasteiger partial charge in [-0.2, -0.15) is 5.10 Å². The molecular formula is C15H14ClN5O2S. The van der Waals surface area contributed by atoms with E-state index in [0.29, 0.717) is 6.54 Å². The lowest BCUT2D eigenvalue weighted by molar-refractivity contribution is 0.0946. The summed E-state index contributed by atoms with van der Waals surface area (Å²) in [6.45, 7) is 0.320. The second kappa shape index (κ2) is 6.90. The summed E-state index contributed by atoms with van der Waals surface area (Å²) in [6, 6.07) is 7.64. The monoisotopic (exact) mass is 363 g/mol. The highest BCUT2D eigenvalue weighted by molar-refractivity contribution is 7.15. The number of rotatable bonds is 5. The van der Waals surface area contributed by atoms with Crippen molar-refractivity contribution in [1.29, 1.82) is 0 Å². The van der Waals surface area contributed by atoms with Crippen LogP contribution in [0, 0.1) is 0 Å². The van der Waals surface area contributed by atoms with E-state index < -0.39 is 0 Å². The Kier molecular flexibility index (Phi) is 4.68. The Hall–Kier alpha value is -2.58. The molecule has 3 rings (SSSR count).